The Hall–Kier alpha value is -2.09. The predicted octanol–water partition coefficient (Wildman–Crippen LogP) is 7.05. The van der Waals surface area contributed by atoms with E-state index in [2.05, 4.69) is 55.7 Å². The van der Waals surface area contributed by atoms with Crippen molar-refractivity contribution in [2.75, 3.05) is 25.5 Å². The number of carbonyl (C=O) groups is 1. The van der Waals surface area contributed by atoms with E-state index in [4.69, 9.17) is 9.47 Å². The van der Waals surface area contributed by atoms with E-state index in [0.29, 0.717) is 23.5 Å². The number of hydrogen-bond acceptors (Lipinski definition) is 5. The highest BCUT2D eigenvalue weighted by Gasteiger charge is 2.39. The zero-order valence-electron chi connectivity index (χ0n) is 22.3. The lowest BCUT2D eigenvalue weighted by Gasteiger charge is -2.48. The number of ether oxygens (including phenoxy) is 2. The largest absolute Gasteiger partial charge is 0.495 e. The molecule has 0 spiro atoms. The predicted molar refractivity (Wildman–Crippen MR) is 153 cm³/mol. The molecule has 2 aliphatic rings. The van der Waals surface area contributed by atoms with E-state index in [1.807, 2.05) is 25.1 Å². The summed E-state index contributed by atoms with van der Waals surface area (Å²) in [7, 11) is 1.61. The van der Waals surface area contributed by atoms with E-state index in [9.17, 15) is 4.79 Å². The first-order valence-electron chi connectivity index (χ1n) is 13.8. The first kappa shape index (κ1) is 27.9. The molecule has 0 aliphatic carbocycles. The SMILES string of the molecule is COc1ccc(C)cc1NC(=O)OC1CC2CCCC(C1)N2CCCCCCNCc1cccc(Br)c1. The summed E-state index contributed by atoms with van der Waals surface area (Å²) in [6.45, 7) is 5.16. The number of aryl methyl sites for hydroxylation is 1. The summed E-state index contributed by atoms with van der Waals surface area (Å²) < 4.78 is 12.4. The molecule has 4 rings (SSSR count). The molecular formula is C30H42BrN3O3. The van der Waals surface area contributed by atoms with Gasteiger partial charge in [0, 0.05) is 35.9 Å². The van der Waals surface area contributed by atoms with Crippen molar-refractivity contribution in [3.05, 3.63) is 58.1 Å². The summed E-state index contributed by atoms with van der Waals surface area (Å²) in [5.74, 6) is 0.648. The van der Waals surface area contributed by atoms with Crippen LogP contribution in [-0.2, 0) is 11.3 Å². The molecule has 202 valence electrons. The van der Waals surface area contributed by atoms with Gasteiger partial charge in [0.15, 0.2) is 0 Å². The maximum atomic E-state index is 12.7. The zero-order chi connectivity index (χ0) is 26.0. The molecule has 1 amide bonds. The number of carbonyl (C=O) groups excluding carboxylic acids is 1. The van der Waals surface area contributed by atoms with Crippen molar-refractivity contribution in [1.29, 1.82) is 0 Å². The average Bonchev–Trinajstić information content (AvgIpc) is 2.86. The number of methoxy groups -OCH3 is 1. The first-order chi connectivity index (χ1) is 18.0. The van der Waals surface area contributed by atoms with Crippen LogP contribution in [0, 0.1) is 6.92 Å². The monoisotopic (exact) mass is 571 g/mol. The van der Waals surface area contributed by atoms with E-state index < -0.39 is 0 Å². The number of nitrogens with one attached hydrogen (secondary N) is 2. The third kappa shape index (κ3) is 8.45. The molecule has 0 saturated carbocycles. The Bertz CT molecular complexity index is 1000. The van der Waals surface area contributed by atoms with Crippen LogP contribution in [0.4, 0.5) is 10.5 Å². The van der Waals surface area contributed by atoms with Gasteiger partial charge < -0.3 is 14.8 Å². The van der Waals surface area contributed by atoms with Gasteiger partial charge >= 0.3 is 6.09 Å². The van der Waals surface area contributed by atoms with Crippen LogP contribution in [-0.4, -0.2) is 49.4 Å². The summed E-state index contributed by atoms with van der Waals surface area (Å²) in [6.07, 6.45) is 10.2. The third-order valence-electron chi connectivity index (χ3n) is 7.69. The molecule has 2 atom stereocenters. The standard InChI is InChI=1S/C30H42BrN3O3/c1-22-13-14-29(36-2)28(17-22)33-30(35)37-27-19-25-11-8-12-26(20-27)34(25)16-6-4-3-5-15-32-21-23-9-7-10-24(31)18-23/h7,9-10,13-14,17-18,25-27,32H,3-6,8,11-12,15-16,19-21H2,1-2H3,(H,33,35). The summed E-state index contributed by atoms with van der Waals surface area (Å²) in [6, 6.07) is 15.3. The van der Waals surface area contributed by atoms with Crippen molar-refractivity contribution in [3.63, 3.8) is 0 Å². The number of amides is 1. The summed E-state index contributed by atoms with van der Waals surface area (Å²) in [4.78, 5) is 15.4. The van der Waals surface area contributed by atoms with Gasteiger partial charge in [0.1, 0.15) is 11.9 Å². The Morgan fingerprint density at radius 1 is 1.05 bits per heavy atom. The minimum atomic E-state index is -0.381. The van der Waals surface area contributed by atoms with Crippen molar-refractivity contribution < 1.29 is 14.3 Å². The molecule has 2 fully saturated rings. The maximum absolute atomic E-state index is 12.7. The van der Waals surface area contributed by atoms with Crippen LogP contribution in [0.25, 0.3) is 0 Å². The number of halogens is 1. The van der Waals surface area contributed by atoms with Crippen LogP contribution in [0.2, 0.25) is 0 Å². The average molecular weight is 573 g/mol. The zero-order valence-corrected chi connectivity index (χ0v) is 23.9. The van der Waals surface area contributed by atoms with Gasteiger partial charge in [0.25, 0.3) is 0 Å². The van der Waals surface area contributed by atoms with Crippen LogP contribution >= 0.6 is 15.9 Å². The molecule has 0 radical (unpaired) electrons. The van der Waals surface area contributed by atoms with Gasteiger partial charge in [-0.05, 0) is 81.1 Å². The molecule has 2 N–H and O–H groups in total. The van der Waals surface area contributed by atoms with E-state index in [0.717, 1.165) is 36.0 Å². The van der Waals surface area contributed by atoms with Crippen molar-refractivity contribution in [2.45, 2.75) is 89.4 Å². The number of fused-ring (bicyclic) bond motifs is 2. The number of hydrogen-bond donors (Lipinski definition) is 2. The normalized spacial score (nSPS) is 21.4. The molecular weight excluding hydrogens is 530 g/mol. The molecule has 2 bridgehead atoms. The fourth-order valence-electron chi connectivity index (χ4n) is 5.88. The summed E-state index contributed by atoms with van der Waals surface area (Å²) >= 11 is 3.54. The molecule has 2 aliphatic heterocycles. The van der Waals surface area contributed by atoms with Crippen molar-refractivity contribution in [2.24, 2.45) is 0 Å². The minimum Gasteiger partial charge on any atom is -0.495 e. The van der Waals surface area contributed by atoms with Crippen molar-refractivity contribution >= 4 is 27.7 Å². The molecule has 2 aromatic carbocycles. The number of anilines is 1. The van der Waals surface area contributed by atoms with Gasteiger partial charge in [-0.2, -0.15) is 0 Å². The molecule has 37 heavy (non-hydrogen) atoms. The van der Waals surface area contributed by atoms with Crippen molar-refractivity contribution in [3.8, 4) is 5.75 Å². The van der Waals surface area contributed by atoms with Crippen LogP contribution in [0.1, 0.15) is 68.9 Å². The van der Waals surface area contributed by atoms with Gasteiger partial charge in [0.2, 0.25) is 0 Å². The maximum Gasteiger partial charge on any atom is 0.412 e. The quantitative estimate of drug-likeness (QED) is 0.267. The van der Waals surface area contributed by atoms with Gasteiger partial charge in [-0.25, -0.2) is 4.79 Å². The second-order valence-corrected chi connectivity index (χ2v) is 11.4. The molecule has 2 saturated heterocycles. The lowest BCUT2D eigenvalue weighted by molar-refractivity contribution is -0.0308. The summed E-state index contributed by atoms with van der Waals surface area (Å²) in [5, 5.41) is 6.46. The highest BCUT2D eigenvalue weighted by Crippen LogP contribution is 2.36. The van der Waals surface area contributed by atoms with E-state index in [1.54, 1.807) is 7.11 Å². The smallest absolute Gasteiger partial charge is 0.412 e. The Labute approximate surface area is 230 Å². The van der Waals surface area contributed by atoms with Crippen LogP contribution in [0.3, 0.4) is 0 Å². The van der Waals surface area contributed by atoms with E-state index in [-0.39, 0.29) is 12.2 Å². The Balaban J connectivity index is 1.14. The second-order valence-electron chi connectivity index (χ2n) is 10.5. The Kier molecular flexibility index (Phi) is 10.7. The number of rotatable bonds is 12. The third-order valence-corrected chi connectivity index (χ3v) is 8.18. The van der Waals surface area contributed by atoms with Gasteiger partial charge in [-0.1, -0.05) is 53.4 Å². The van der Waals surface area contributed by atoms with Crippen LogP contribution < -0.4 is 15.4 Å². The molecule has 0 aromatic heterocycles. The number of benzene rings is 2. The lowest BCUT2D eigenvalue weighted by atomic mass is 9.82. The van der Waals surface area contributed by atoms with E-state index in [1.165, 1.54) is 57.1 Å². The fourth-order valence-corrected chi connectivity index (χ4v) is 6.32. The number of piperidine rings is 2. The van der Waals surface area contributed by atoms with Gasteiger partial charge in [0.05, 0.1) is 12.8 Å². The lowest BCUT2D eigenvalue weighted by Crippen LogP contribution is -2.54. The second kappa shape index (κ2) is 14.2. The molecule has 7 heteroatoms. The number of nitrogens with zero attached hydrogens (tertiary/aromatic N) is 1. The van der Waals surface area contributed by atoms with Crippen LogP contribution in [0.15, 0.2) is 46.9 Å². The van der Waals surface area contributed by atoms with E-state index >= 15 is 0 Å². The molecule has 2 unspecified atom stereocenters. The number of unbranched alkanes of at least 4 members (excludes halogenated alkanes) is 3. The Morgan fingerprint density at radius 2 is 1.84 bits per heavy atom. The Morgan fingerprint density at radius 3 is 2.59 bits per heavy atom. The molecule has 6 nitrogen and oxygen atoms in total. The molecule has 2 heterocycles. The topological polar surface area (TPSA) is 62.8 Å². The highest BCUT2D eigenvalue weighted by molar-refractivity contribution is 9.10. The van der Waals surface area contributed by atoms with Gasteiger partial charge in [-0.15, -0.1) is 0 Å². The minimum absolute atomic E-state index is 0.0151. The highest BCUT2D eigenvalue weighted by atomic mass is 79.9. The fraction of sp³-hybridized carbons (Fsp3) is 0.567. The van der Waals surface area contributed by atoms with Gasteiger partial charge in [-0.3, -0.25) is 10.2 Å². The first-order valence-corrected chi connectivity index (χ1v) is 14.6. The summed E-state index contributed by atoms with van der Waals surface area (Å²) in [5.41, 5.74) is 3.05. The van der Waals surface area contributed by atoms with Crippen molar-refractivity contribution in [1.82, 2.24) is 10.2 Å². The molecule has 2 aromatic rings. The van der Waals surface area contributed by atoms with Crippen LogP contribution in [0.5, 0.6) is 5.75 Å².